The van der Waals surface area contributed by atoms with Gasteiger partial charge in [-0.1, -0.05) is 52.0 Å². The number of nitrogens with zero attached hydrogens (tertiary/aromatic N) is 1. The summed E-state index contributed by atoms with van der Waals surface area (Å²) in [5, 5.41) is 8.23. The second-order valence-electron chi connectivity index (χ2n) is 2.08. The van der Waals surface area contributed by atoms with Crippen LogP contribution in [0, 0.1) is 11.3 Å². The molecule has 0 aliphatic carbocycles. The van der Waals surface area contributed by atoms with E-state index in [2.05, 4.69) is 12.6 Å². The number of allylic oxidation sites excluding steroid dienone is 3. The highest BCUT2D eigenvalue weighted by molar-refractivity contribution is 5.14. The Morgan fingerprint density at radius 3 is 2.07 bits per heavy atom. The van der Waals surface area contributed by atoms with Crippen molar-refractivity contribution in [1.29, 1.82) is 5.26 Å². The van der Waals surface area contributed by atoms with Crippen molar-refractivity contribution in [3.8, 4) is 6.07 Å². The van der Waals surface area contributed by atoms with Gasteiger partial charge < -0.3 is 0 Å². The van der Waals surface area contributed by atoms with Gasteiger partial charge in [-0.2, -0.15) is 5.26 Å². The molecule has 0 aliphatic rings. The van der Waals surface area contributed by atoms with E-state index < -0.39 is 0 Å². The van der Waals surface area contributed by atoms with E-state index in [4.69, 9.17) is 5.26 Å². The predicted octanol–water partition coefficient (Wildman–Crippen LogP) is 4.86. The fraction of sp³-hybridized carbons (Fsp3) is 0.615. The zero-order valence-corrected chi connectivity index (χ0v) is 10.4. The highest BCUT2D eigenvalue weighted by Gasteiger charge is 1.88. The van der Waals surface area contributed by atoms with Crippen LogP contribution in [0.25, 0.3) is 0 Å². The number of hydrogen-bond acceptors (Lipinski definition) is 1. The number of rotatable bonds is 4. The molecule has 14 heavy (non-hydrogen) atoms. The lowest BCUT2D eigenvalue weighted by Gasteiger charge is -1.95. The van der Waals surface area contributed by atoms with Crippen LogP contribution in [-0.4, -0.2) is 0 Å². The lowest BCUT2D eigenvalue weighted by Crippen LogP contribution is -1.77. The third kappa shape index (κ3) is 17.2. The zero-order chi connectivity index (χ0) is 11.8. The van der Waals surface area contributed by atoms with Crippen LogP contribution in [0.5, 0.6) is 0 Å². The highest BCUT2D eigenvalue weighted by atomic mass is 14.2. The van der Waals surface area contributed by atoms with Crippen LogP contribution in [0.15, 0.2) is 24.3 Å². The molecule has 0 heterocycles. The maximum absolute atomic E-state index is 8.23. The molecule has 0 atom stereocenters. The van der Waals surface area contributed by atoms with E-state index in [-0.39, 0.29) is 0 Å². The number of hydrogen-bond donors (Lipinski definition) is 0. The molecule has 0 fully saturated rings. The zero-order valence-electron chi connectivity index (χ0n) is 10.4. The van der Waals surface area contributed by atoms with E-state index in [0.717, 1.165) is 12.8 Å². The monoisotopic (exact) mass is 195 g/mol. The molecule has 0 bridgehead atoms. The Labute approximate surface area is 90.1 Å². The third-order valence-electron chi connectivity index (χ3n) is 1.39. The molecule has 0 saturated heterocycles. The van der Waals surface area contributed by atoms with Gasteiger partial charge in [-0.25, -0.2) is 0 Å². The molecule has 0 spiro atoms. The maximum Gasteiger partial charge on any atom is 0.0621 e. The topological polar surface area (TPSA) is 23.8 Å². The molecule has 1 nitrogen and oxygen atoms in total. The van der Waals surface area contributed by atoms with Crippen LogP contribution in [0.4, 0.5) is 0 Å². The van der Waals surface area contributed by atoms with Crippen LogP contribution in [0.1, 0.15) is 53.9 Å². The molecule has 1 heteroatoms. The lowest BCUT2D eigenvalue weighted by molar-refractivity contribution is 0.853. The Hall–Kier alpha value is -1.03. The minimum atomic E-state index is 0.644. The van der Waals surface area contributed by atoms with Gasteiger partial charge in [0.1, 0.15) is 0 Å². The Morgan fingerprint density at radius 1 is 1.29 bits per heavy atom. The first-order valence-corrected chi connectivity index (χ1v) is 5.49. The molecule has 0 amide bonds. The van der Waals surface area contributed by atoms with Crippen molar-refractivity contribution in [1.82, 2.24) is 0 Å². The summed E-state index contributed by atoms with van der Waals surface area (Å²) >= 11 is 0. The minimum Gasteiger partial charge on any atom is -0.198 e. The van der Waals surface area contributed by atoms with Gasteiger partial charge in [-0.15, -0.1) is 0 Å². The first-order valence-electron chi connectivity index (χ1n) is 5.49. The van der Waals surface area contributed by atoms with Crippen molar-refractivity contribution in [3.63, 3.8) is 0 Å². The molecular weight excluding hydrogens is 170 g/mol. The van der Waals surface area contributed by atoms with Crippen LogP contribution >= 0.6 is 0 Å². The quantitative estimate of drug-likeness (QED) is 0.464. The van der Waals surface area contributed by atoms with E-state index >= 15 is 0 Å². The van der Waals surface area contributed by atoms with Gasteiger partial charge in [0.2, 0.25) is 0 Å². The van der Waals surface area contributed by atoms with Crippen molar-refractivity contribution >= 4 is 0 Å². The van der Waals surface area contributed by atoms with Gasteiger partial charge in [0.05, 0.1) is 6.07 Å². The van der Waals surface area contributed by atoms with Gasteiger partial charge in [0.25, 0.3) is 0 Å². The summed E-state index contributed by atoms with van der Waals surface area (Å²) in [5.74, 6) is 0. The average Bonchev–Trinajstić information content (AvgIpc) is 2.30. The first-order chi connectivity index (χ1) is 6.85. The molecule has 0 aliphatic heterocycles. The molecular formula is C13H25N. The minimum absolute atomic E-state index is 0.644. The van der Waals surface area contributed by atoms with Crippen LogP contribution < -0.4 is 0 Å². The van der Waals surface area contributed by atoms with E-state index in [1.165, 1.54) is 5.57 Å². The van der Waals surface area contributed by atoms with Gasteiger partial charge in [-0.05, 0) is 19.8 Å². The van der Waals surface area contributed by atoms with Gasteiger partial charge in [-0.3, -0.25) is 0 Å². The van der Waals surface area contributed by atoms with E-state index in [1.807, 2.05) is 46.8 Å². The molecule has 0 unspecified atom stereocenters. The van der Waals surface area contributed by atoms with Crippen molar-refractivity contribution < 1.29 is 0 Å². The molecule has 0 N–H and O–H groups in total. The van der Waals surface area contributed by atoms with Gasteiger partial charge in [0, 0.05) is 6.42 Å². The Kier molecular flexibility index (Phi) is 30.3. The number of unbranched alkanes of at least 4 members (excludes halogenated alkanes) is 1. The molecule has 0 aromatic heterocycles. The molecule has 0 radical (unpaired) electrons. The lowest BCUT2D eigenvalue weighted by atomic mass is 10.1. The first kappa shape index (κ1) is 18.7. The maximum atomic E-state index is 8.23. The fourth-order valence-electron chi connectivity index (χ4n) is 0.736. The summed E-state index contributed by atoms with van der Waals surface area (Å²) in [7, 11) is 0. The summed E-state index contributed by atoms with van der Waals surface area (Å²) in [6.07, 6.45) is 6.45. The molecule has 0 saturated carbocycles. The Bertz CT molecular complexity index is 161. The highest BCUT2D eigenvalue weighted by Crippen LogP contribution is 2.06. The standard InChI is InChI=1S/C9H13N.2C2H6/c1-3-9(4-2)7-5-6-8-10;2*1-2/h3-4H,1,5-7H2,2H3;2*1-2H3/b9-4+;;. The fourth-order valence-corrected chi connectivity index (χ4v) is 0.736. The normalized spacial score (nSPS) is 8.43. The Morgan fingerprint density at radius 2 is 1.79 bits per heavy atom. The summed E-state index contributed by atoms with van der Waals surface area (Å²) in [6.45, 7) is 13.6. The van der Waals surface area contributed by atoms with Crippen LogP contribution in [0.2, 0.25) is 0 Å². The van der Waals surface area contributed by atoms with E-state index in [1.54, 1.807) is 0 Å². The Balaban J connectivity index is -0.000000266. The van der Waals surface area contributed by atoms with Crippen molar-refractivity contribution in [2.75, 3.05) is 0 Å². The van der Waals surface area contributed by atoms with Crippen molar-refractivity contribution in [3.05, 3.63) is 24.3 Å². The van der Waals surface area contributed by atoms with E-state index in [0.29, 0.717) is 6.42 Å². The second kappa shape index (κ2) is 22.7. The van der Waals surface area contributed by atoms with Crippen LogP contribution in [0.3, 0.4) is 0 Å². The van der Waals surface area contributed by atoms with Crippen LogP contribution in [-0.2, 0) is 0 Å². The molecule has 0 aromatic rings. The number of nitriles is 1. The summed E-state index contributed by atoms with van der Waals surface area (Å²) in [5.41, 5.74) is 1.23. The van der Waals surface area contributed by atoms with Gasteiger partial charge in [0.15, 0.2) is 0 Å². The molecule has 82 valence electrons. The SMILES string of the molecule is C=C/C(=C\C)CCCC#N.CC.CC. The summed E-state index contributed by atoms with van der Waals surface area (Å²) in [6, 6.07) is 2.11. The largest absolute Gasteiger partial charge is 0.198 e. The smallest absolute Gasteiger partial charge is 0.0621 e. The summed E-state index contributed by atoms with van der Waals surface area (Å²) < 4.78 is 0. The molecule has 0 aromatic carbocycles. The van der Waals surface area contributed by atoms with E-state index in [9.17, 15) is 0 Å². The van der Waals surface area contributed by atoms with Gasteiger partial charge >= 0.3 is 0 Å². The predicted molar refractivity (Wildman–Crippen MR) is 66.1 cm³/mol. The van der Waals surface area contributed by atoms with Crippen molar-refractivity contribution in [2.24, 2.45) is 0 Å². The van der Waals surface area contributed by atoms with Crippen molar-refractivity contribution in [2.45, 2.75) is 53.9 Å². The second-order valence-corrected chi connectivity index (χ2v) is 2.08. The summed E-state index contributed by atoms with van der Waals surface area (Å²) in [4.78, 5) is 0. The average molecular weight is 195 g/mol. The molecule has 0 rings (SSSR count). The third-order valence-corrected chi connectivity index (χ3v) is 1.39.